The Balaban J connectivity index is 1.24. The number of fused-ring (bicyclic) bond motifs is 16. The maximum absolute atomic E-state index is 2.60. The van der Waals surface area contributed by atoms with Crippen molar-refractivity contribution in [2.75, 3.05) is 0 Å². The molecule has 0 aliphatic carbocycles. The van der Waals surface area contributed by atoms with E-state index in [-0.39, 0.29) is 6.71 Å². The average Bonchev–Trinajstić information content (AvgIpc) is 3.89. The Morgan fingerprint density at radius 3 is 1.57 bits per heavy atom. The van der Waals surface area contributed by atoms with Crippen LogP contribution in [0, 0.1) is 0 Å². The van der Waals surface area contributed by atoms with Crippen LogP contribution in [0.1, 0.15) is 0 Å². The third kappa shape index (κ3) is 3.85. The van der Waals surface area contributed by atoms with Crippen molar-refractivity contribution in [1.82, 2.24) is 9.13 Å². The minimum atomic E-state index is 0.228. The van der Waals surface area contributed by atoms with Crippen LogP contribution in [0.5, 0.6) is 0 Å². The first kappa shape index (κ1) is 29.8. The largest absolute Gasteiger partial charge is 0.308 e. The van der Waals surface area contributed by atoms with Gasteiger partial charge in [0, 0.05) is 72.7 Å². The van der Waals surface area contributed by atoms with Gasteiger partial charge in [-0.25, -0.2) is 0 Å². The average molecular weight is 739 g/mol. The van der Waals surface area contributed by atoms with Crippen molar-refractivity contribution < 1.29 is 0 Å². The van der Waals surface area contributed by atoms with Crippen molar-refractivity contribution in [3.05, 3.63) is 164 Å². The molecule has 0 saturated heterocycles. The van der Waals surface area contributed by atoms with Gasteiger partial charge in [0.25, 0.3) is 0 Å². The number of para-hydroxylation sites is 3. The van der Waals surface area contributed by atoms with E-state index < -0.39 is 0 Å². The van der Waals surface area contributed by atoms with Crippen molar-refractivity contribution in [2.24, 2.45) is 0 Å². The monoisotopic (exact) mass is 738 g/mol. The number of rotatable bonds is 2. The summed E-state index contributed by atoms with van der Waals surface area (Å²) in [6.07, 6.45) is 0. The number of thiophene rings is 1. The van der Waals surface area contributed by atoms with E-state index in [4.69, 9.17) is 0 Å². The maximum Gasteiger partial charge on any atom is 0.247 e. The number of aromatic nitrogens is 2. The molecule has 6 heteroatoms. The molecule has 2 aliphatic heterocycles. The zero-order valence-corrected chi connectivity index (χ0v) is 31.2. The van der Waals surface area contributed by atoms with Crippen molar-refractivity contribution in [2.45, 2.75) is 19.6 Å². The molecular formula is C48H27BN2S3. The van der Waals surface area contributed by atoms with E-state index in [0.29, 0.717) is 0 Å². The molecule has 0 N–H and O–H groups in total. The van der Waals surface area contributed by atoms with Gasteiger partial charge in [-0.05, 0) is 60.1 Å². The van der Waals surface area contributed by atoms with Crippen LogP contribution >= 0.6 is 34.9 Å². The standard InChI is InChI=1S/C48H27BN2S3/c1-2-14-28(15-3-1)50-36-22-10-5-17-31(36)43-46(50)42-30-16-4-9-21-35(30)51(47(42)44-32-18-6-11-23-37(32)54-48(43)44)29-26-40-45-41(27-29)53-39-25-13-8-20-34(39)49(45)33-19-7-12-24-38(33)52-40/h1-27H. The van der Waals surface area contributed by atoms with Crippen LogP contribution in [0.2, 0.25) is 0 Å². The first-order valence-corrected chi connectivity index (χ1v) is 20.8. The molecule has 0 spiro atoms. The molecule has 2 nitrogen and oxygen atoms in total. The van der Waals surface area contributed by atoms with Gasteiger partial charge in [-0.1, -0.05) is 144 Å². The van der Waals surface area contributed by atoms with Crippen LogP contribution in [0.15, 0.2) is 183 Å². The van der Waals surface area contributed by atoms with Gasteiger partial charge in [0.05, 0.1) is 22.1 Å². The number of nitrogens with zero attached hydrogens (tertiary/aromatic N) is 2. The summed E-state index contributed by atoms with van der Waals surface area (Å²) in [5.41, 5.74) is 11.7. The highest BCUT2D eigenvalue weighted by Crippen LogP contribution is 2.51. The lowest BCUT2D eigenvalue weighted by Gasteiger charge is -2.33. The number of hydrogen-bond donors (Lipinski definition) is 0. The van der Waals surface area contributed by atoms with Gasteiger partial charge in [-0.3, -0.25) is 0 Å². The minimum Gasteiger partial charge on any atom is -0.308 e. The SMILES string of the molecule is c1ccc(-n2c3ccccc3c3c4sc5ccccc5c4c4c(c5ccccc5n4-c4cc5c6c(c4)Sc4ccccc4B6c4ccccc4S5)c32)cc1. The Morgan fingerprint density at radius 2 is 0.907 bits per heavy atom. The maximum atomic E-state index is 2.60. The fourth-order valence-corrected chi connectivity index (χ4v) is 13.2. The molecule has 0 radical (unpaired) electrons. The van der Waals surface area contributed by atoms with Crippen LogP contribution in [-0.4, -0.2) is 15.8 Å². The lowest BCUT2D eigenvalue weighted by Crippen LogP contribution is -2.58. The van der Waals surface area contributed by atoms with Gasteiger partial charge < -0.3 is 9.13 Å². The van der Waals surface area contributed by atoms with Crippen molar-refractivity contribution in [3.8, 4) is 11.4 Å². The van der Waals surface area contributed by atoms with Crippen LogP contribution < -0.4 is 16.4 Å². The first-order valence-electron chi connectivity index (χ1n) is 18.4. The Labute approximate surface area is 323 Å². The van der Waals surface area contributed by atoms with Crippen LogP contribution in [0.3, 0.4) is 0 Å². The fraction of sp³-hybridized carbons (Fsp3) is 0. The molecule has 250 valence electrons. The highest BCUT2D eigenvalue weighted by Gasteiger charge is 2.38. The minimum absolute atomic E-state index is 0.228. The van der Waals surface area contributed by atoms with Gasteiger partial charge in [0.15, 0.2) is 0 Å². The van der Waals surface area contributed by atoms with Gasteiger partial charge in [-0.2, -0.15) is 0 Å². The first-order chi connectivity index (χ1) is 26.8. The molecule has 2 aliphatic rings. The Morgan fingerprint density at radius 1 is 0.407 bits per heavy atom. The second-order valence-electron chi connectivity index (χ2n) is 14.4. The number of hydrogen-bond acceptors (Lipinski definition) is 3. The van der Waals surface area contributed by atoms with E-state index in [1.165, 1.54) is 111 Å². The van der Waals surface area contributed by atoms with E-state index in [9.17, 15) is 0 Å². The van der Waals surface area contributed by atoms with Gasteiger partial charge in [-0.15, -0.1) is 11.3 Å². The zero-order valence-electron chi connectivity index (χ0n) is 28.8. The lowest BCUT2D eigenvalue weighted by atomic mass is 9.36. The normalized spacial score (nSPS) is 13.4. The summed E-state index contributed by atoms with van der Waals surface area (Å²) in [5.74, 6) is 0. The van der Waals surface area contributed by atoms with E-state index >= 15 is 0 Å². The van der Waals surface area contributed by atoms with Crippen LogP contribution in [0.4, 0.5) is 0 Å². The molecule has 0 unspecified atom stereocenters. The van der Waals surface area contributed by atoms with Gasteiger partial charge in [0.2, 0.25) is 6.71 Å². The van der Waals surface area contributed by atoms with Crippen LogP contribution in [-0.2, 0) is 0 Å². The molecule has 0 atom stereocenters. The Bertz CT molecular complexity index is 3340. The fourth-order valence-electron chi connectivity index (χ4n) is 9.50. The van der Waals surface area contributed by atoms with E-state index in [0.717, 1.165) is 0 Å². The van der Waals surface area contributed by atoms with E-state index in [2.05, 4.69) is 173 Å². The predicted octanol–water partition coefficient (Wildman–Crippen LogP) is 11.7. The molecule has 11 aromatic rings. The van der Waals surface area contributed by atoms with Crippen molar-refractivity contribution in [1.29, 1.82) is 0 Å². The summed E-state index contributed by atoms with van der Waals surface area (Å²) in [4.78, 5) is 5.40. The second kappa shape index (κ2) is 11.0. The molecule has 0 fully saturated rings. The topological polar surface area (TPSA) is 9.86 Å². The molecule has 13 rings (SSSR count). The van der Waals surface area contributed by atoms with Crippen LogP contribution in [0.25, 0.3) is 75.2 Å². The third-order valence-corrected chi connectivity index (χ3v) is 15.1. The van der Waals surface area contributed by atoms with Crippen molar-refractivity contribution >= 4 is 122 Å². The van der Waals surface area contributed by atoms with Gasteiger partial charge in [0.1, 0.15) is 0 Å². The second-order valence-corrected chi connectivity index (χ2v) is 17.6. The van der Waals surface area contributed by atoms with Crippen molar-refractivity contribution in [3.63, 3.8) is 0 Å². The molecule has 0 amide bonds. The number of benzene rings is 8. The summed E-state index contributed by atoms with van der Waals surface area (Å²) >= 11 is 5.79. The summed E-state index contributed by atoms with van der Waals surface area (Å²) in [5, 5.41) is 7.86. The third-order valence-electron chi connectivity index (χ3n) is 11.6. The lowest BCUT2D eigenvalue weighted by molar-refractivity contribution is 1.15. The zero-order chi connectivity index (χ0) is 35.1. The highest BCUT2D eigenvalue weighted by atomic mass is 32.2. The quantitative estimate of drug-likeness (QED) is 0.163. The molecule has 54 heavy (non-hydrogen) atoms. The molecule has 3 aromatic heterocycles. The molecular weight excluding hydrogens is 712 g/mol. The predicted molar refractivity (Wildman–Crippen MR) is 234 cm³/mol. The van der Waals surface area contributed by atoms with E-state index in [1.807, 2.05) is 34.9 Å². The highest BCUT2D eigenvalue weighted by molar-refractivity contribution is 8.01. The summed E-state index contributed by atoms with van der Waals surface area (Å²) in [7, 11) is 0. The van der Waals surface area contributed by atoms with E-state index in [1.54, 1.807) is 0 Å². The molecule has 5 heterocycles. The van der Waals surface area contributed by atoms with Gasteiger partial charge >= 0.3 is 0 Å². The summed E-state index contributed by atoms with van der Waals surface area (Å²) in [6, 6.07) is 61.1. The molecule has 0 bridgehead atoms. The summed E-state index contributed by atoms with van der Waals surface area (Å²) in [6.45, 7) is 0.228. The molecule has 8 aromatic carbocycles. The molecule has 0 saturated carbocycles. The Hall–Kier alpha value is -5.66. The Kier molecular flexibility index (Phi) is 6.04. The smallest absolute Gasteiger partial charge is 0.247 e. The summed E-state index contributed by atoms with van der Waals surface area (Å²) < 4.78 is 7.79.